The topological polar surface area (TPSA) is 42.0 Å². The number of nitrogens with zero attached hydrogens (tertiary/aromatic N) is 1. The van der Waals surface area contributed by atoms with Crippen molar-refractivity contribution in [2.75, 3.05) is 12.0 Å². The van der Waals surface area contributed by atoms with Crippen molar-refractivity contribution in [3.05, 3.63) is 29.8 Å². The van der Waals surface area contributed by atoms with Gasteiger partial charge in [0.2, 0.25) is 5.95 Å². The lowest BCUT2D eigenvalue weighted by Crippen LogP contribution is -2.34. The Kier molecular flexibility index (Phi) is 4.55. The predicted octanol–water partition coefficient (Wildman–Crippen LogP) is 1.70. The van der Waals surface area contributed by atoms with E-state index < -0.39 is 5.95 Å². The van der Waals surface area contributed by atoms with Crippen molar-refractivity contribution < 1.29 is 9.18 Å². The van der Waals surface area contributed by atoms with Crippen LogP contribution < -0.4 is 5.32 Å². The lowest BCUT2D eigenvalue weighted by atomic mass is 10.3. The van der Waals surface area contributed by atoms with E-state index in [1.54, 1.807) is 11.8 Å². The molecule has 1 unspecified atom stereocenters. The molecule has 15 heavy (non-hydrogen) atoms. The molecular weight excluding hydrogens is 215 g/mol. The molecule has 82 valence electrons. The van der Waals surface area contributed by atoms with E-state index in [-0.39, 0.29) is 17.6 Å². The number of hydrogen-bond acceptors (Lipinski definition) is 3. The summed E-state index contributed by atoms with van der Waals surface area (Å²) in [5.41, 5.74) is 0.114. The van der Waals surface area contributed by atoms with Crippen molar-refractivity contribution in [3.63, 3.8) is 0 Å². The van der Waals surface area contributed by atoms with Crippen LogP contribution in [0, 0.1) is 5.95 Å². The van der Waals surface area contributed by atoms with Gasteiger partial charge in [-0.1, -0.05) is 6.07 Å². The summed E-state index contributed by atoms with van der Waals surface area (Å²) >= 11 is 1.64. The minimum Gasteiger partial charge on any atom is -0.347 e. The van der Waals surface area contributed by atoms with E-state index >= 15 is 0 Å². The smallest absolute Gasteiger partial charge is 0.270 e. The van der Waals surface area contributed by atoms with E-state index in [9.17, 15) is 9.18 Å². The molecule has 1 N–H and O–H groups in total. The summed E-state index contributed by atoms with van der Waals surface area (Å²) in [5.74, 6) is -0.155. The minimum absolute atomic E-state index is 0.0533. The summed E-state index contributed by atoms with van der Waals surface area (Å²) in [4.78, 5) is 15.0. The SMILES string of the molecule is CSCC(C)NC(=O)c1cccc(F)n1. The number of nitrogens with one attached hydrogen (secondary N) is 1. The van der Waals surface area contributed by atoms with E-state index in [0.29, 0.717) is 0 Å². The molecule has 0 aliphatic rings. The van der Waals surface area contributed by atoms with Crippen LogP contribution in [0.4, 0.5) is 4.39 Å². The number of pyridine rings is 1. The largest absolute Gasteiger partial charge is 0.347 e. The zero-order chi connectivity index (χ0) is 11.3. The van der Waals surface area contributed by atoms with Gasteiger partial charge in [0.05, 0.1) is 0 Å². The predicted molar refractivity (Wildman–Crippen MR) is 59.5 cm³/mol. The van der Waals surface area contributed by atoms with Crippen LogP contribution in [0.2, 0.25) is 0 Å². The highest BCUT2D eigenvalue weighted by Crippen LogP contribution is 2.00. The van der Waals surface area contributed by atoms with Crippen LogP contribution in [0.15, 0.2) is 18.2 Å². The molecule has 0 radical (unpaired) electrons. The van der Waals surface area contributed by atoms with Gasteiger partial charge in [-0.15, -0.1) is 0 Å². The molecule has 1 atom stereocenters. The molecule has 0 bridgehead atoms. The first-order valence-electron chi connectivity index (χ1n) is 4.56. The van der Waals surface area contributed by atoms with Crippen molar-refractivity contribution in [1.82, 2.24) is 10.3 Å². The van der Waals surface area contributed by atoms with E-state index in [0.717, 1.165) is 5.75 Å². The molecule has 0 saturated heterocycles. The van der Waals surface area contributed by atoms with Crippen molar-refractivity contribution in [2.24, 2.45) is 0 Å². The molecule has 1 amide bonds. The molecule has 0 saturated carbocycles. The van der Waals surface area contributed by atoms with Gasteiger partial charge in [0, 0.05) is 11.8 Å². The van der Waals surface area contributed by atoms with Crippen molar-refractivity contribution in [1.29, 1.82) is 0 Å². The highest BCUT2D eigenvalue weighted by molar-refractivity contribution is 7.98. The molecule has 1 rings (SSSR count). The second-order valence-electron chi connectivity index (χ2n) is 3.18. The van der Waals surface area contributed by atoms with Gasteiger partial charge in [-0.05, 0) is 25.3 Å². The van der Waals surface area contributed by atoms with Gasteiger partial charge in [0.1, 0.15) is 5.69 Å². The van der Waals surface area contributed by atoms with Crippen LogP contribution in [-0.4, -0.2) is 28.9 Å². The third-order valence-corrected chi connectivity index (χ3v) is 2.58. The second kappa shape index (κ2) is 5.70. The third-order valence-electron chi connectivity index (χ3n) is 1.74. The maximum atomic E-state index is 12.7. The van der Waals surface area contributed by atoms with E-state index in [2.05, 4.69) is 10.3 Å². The average Bonchev–Trinajstić information content (AvgIpc) is 2.18. The van der Waals surface area contributed by atoms with Gasteiger partial charge in [-0.25, -0.2) is 4.98 Å². The molecule has 0 aliphatic heterocycles. The average molecular weight is 228 g/mol. The fourth-order valence-electron chi connectivity index (χ4n) is 1.12. The number of amides is 1. The molecule has 1 aromatic rings. The highest BCUT2D eigenvalue weighted by atomic mass is 32.2. The molecule has 1 heterocycles. The Morgan fingerprint density at radius 1 is 1.67 bits per heavy atom. The van der Waals surface area contributed by atoms with E-state index in [1.807, 2.05) is 13.2 Å². The number of carbonyl (C=O) groups is 1. The van der Waals surface area contributed by atoms with Crippen LogP contribution in [0.5, 0.6) is 0 Å². The zero-order valence-corrected chi connectivity index (χ0v) is 9.47. The van der Waals surface area contributed by atoms with E-state index in [1.165, 1.54) is 18.2 Å². The number of rotatable bonds is 4. The Balaban J connectivity index is 2.61. The number of carbonyl (C=O) groups excluding carboxylic acids is 1. The monoisotopic (exact) mass is 228 g/mol. The first-order chi connectivity index (χ1) is 7.13. The normalized spacial score (nSPS) is 12.2. The highest BCUT2D eigenvalue weighted by Gasteiger charge is 2.10. The Bertz CT molecular complexity index is 346. The van der Waals surface area contributed by atoms with Gasteiger partial charge < -0.3 is 5.32 Å². The Hall–Kier alpha value is -1.10. The summed E-state index contributed by atoms with van der Waals surface area (Å²) in [6, 6.07) is 4.22. The summed E-state index contributed by atoms with van der Waals surface area (Å²) in [5, 5.41) is 2.74. The Morgan fingerprint density at radius 2 is 2.40 bits per heavy atom. The Labute approximate surface area is 92.5 Å². The van der Waals surface area contributed by atoms with Crippen LogP contribution in [0.3, 0.4) is 0 Å². The quantitative estimate of drug-likeness (QED) is 0.798. The van der Waals surface area contributed by atoms with Crippen LogP contribution in [0.25, 0.3) is 0 Å². The molecule has 5 heteroatoms. The van der Waals surface area contributed by atoms with Crippen LogP contribution in [0.1, 0.15) is 17.4 Å². The summed E-state index contributed by atoms with van der Waals surface area (Å²) in [7, 11) is 0. The fraction of sp³-hybridized carbons (Fsp3) is 0.400. The molecule has 0 fully saturated rings. The van der Waals surface area contributed by atoms with Gasteiger partial charge in [0.25, 0.3) is 5.91 Å². The summed E-state index contributed by atoms with van der Waals surface area (Å²) in [6.45, 7) is 1.90. The first kappa shape index (κ1) is 12.0. The summed E-state index contributed by atoms with van der Waals surface area (Å²) in [6.07, 6.45) is 1.96. The number of hydrogen-bond donors (Lipinski definition) is 1. The maximum Gasteiger partial charge on any atom is 0.270 e. The molecular formula is C10H13FN2OS. The van der Waals surface area contributed by atoms with Gasteiger partial charge >= 0.3 is 0 Å². The molecule has 0 aromatic carbocycles. The molecule has 0 spiro atoms. The van der Waals surface area contributed by atoms with Crippen LogP contribution in [-0.2, 0) is 0 Å². The zero-order valence-electron chi connectivity index (χ0n) is 8.66. The van der Waals surface area contributed by atoms with Crippen molar-refractivity contribution in [3.8, 4) is 0 Å². The lowest BCUT2D eigenvalue weighted by Gasteiger charge is -2.11. The first-order valence-corrected chi connectivity index (χ1v) is 5.95. The van der Waals surface area contributed by atoms with Gasteiger partial charge in [0.15, 0.2) is 0 Å². The van der Waals surface area contributed by atoms with E-state index in [4.69, 9.17) is 0 Å². The molecule has 1 aromatic heterocycles. The fourth-order valence-corrected chi connectivity index (χ4v) is 1.71. The van der Waals surface area contributed by atoms with Gasteiger partial charge in [-0.2, -0.15) is 16.2 Å². The van der Waals surface area contributed by atoms with Crippen molar-refractivity contribution >= 4 is 17.7 Å². The minimum atomic E-state index is -0.639. The van der Waals surface area contributed by atoms with Gasteiger partial charge in [-0.3, -0.25) is 4.79 Å². The standard InChI is InChI=1S/C10H13FN2OS/c1-7(6-15-2)12-10(14)8-4-3-5-9(11)13-8/h3-5,7H,6H2,1-2H3,(H,12,14). The molecule has 3 nitrogen and oxygen atoms in total. The van der Waals surface area contributed by atoms with Crippen LogP contribution >= 0.6 is 11.8 Å². The number of halogens is 1. The number of thioether (sulfide) groups is 1. The molecule has 0 aliphatic carbocycles. The lowest BCUT2D eigenvalue weighted by molar-refractivity contribution is 0.0937. The second-order valence-corrected chi connectivity index (χ2v) is 4.09. The summed E-state index contributed by atoms with van der Waals surface area (Å²) < 4.78 is 12.7. The third kappa shape index (κ3) is 3.87. The maximum absolute atomic E-state index is 12.7. The number of aromatic nitrogens is 1. The van der Waals surface area contributed by atoms with Crippen molar-refractivity contribution in [2.45, 2.75) is 13.0 Å². The Morgan fingerprint density at radius 3 is 3.00 bits per heavy atom.